The summed E-state index contributed by atoms with van der Waals surface area (Å²) < 4.78 is 0. The molecular weight excluding hydrogens is 204 g/mol. The zero-order chi connectivity index (χ0) is 10.7. The SMILES string of the molecule is CCC(CSC)NC1CCN2CCCC12. The van der Waals surface area contributed by atoms with Crippen LogP contribution in [0, 0.1) is 0 Å². The first kappa shape index (κ1) is 11.7. The Morgan fingerprint density at radius 1 is 1.40 bits per heavy atom. The molecule has 0 spiro atoms. The third-order valence-electron chi connectivity index (χ3n) is 3.92. The lowest BCUT2D eigenvalue weighted by Gasteiger charge is -2.26. The largest absolute Gasteiger partial charge is 0.309 e. The molecule has 2 fully saturated rings. The van der Waals surface area contributed by atoms with Crippen molar-refractivity contribution in [2.45, 2.75) is 50.7 Å². The van der Waals surface area contributed by atoms with Gasteiger partial charge in [0.25, 0.3) is 0 Å². The molecule has 2 saturated heterocycles. The van der Waals surface area contributed by atoms with Crippen molar-refractivity contribution in [1.29, 1.82) is 0 Å². The molecule has 0 radical (unpaired) electrons. The highest BCUT2D eigenvalue weighted by molar-refractivity contribution is 7.98. The maximum Gasteiger partial charge on any atom is 0.0250 e. The molecule has 0 bridgehead atoms. The highest BCUT2D eigenvalue weighted by Gasteiger charge is 2.37. The molecular formula is C12H24N2S. The smallest absolute Gasteiger partial charge is 0.0250 e. The normalized spacial score (nSPS) is 33.2. The van der Waals surface area contributed by atoms with Crippen molar-refractivity contribution in [3.8, 4) is 0 Å². The lowest BCUT2D eigenvalue weighted by atomic mass is 10.1. The summed E-state index contributed by atoms with van der Waals surface area (Å²) in [7, 11) is 0. The van der Waals surface area contributed by atoms with Gasteiger partial charge in [-0.2, -0.15) is 11.8 Å². The van der Waals surface area contributed by atoms with Crippen molar-refractivity contribution in [2.24, 2.45) is 0 Å². The number of nitrogens with zero attached hydrogens (tertiary/aromatic N) is 1. The van der Waals surface area contributed by atoms with Crippen molar-refractivity contribution in [3.05, 3.63) is 0 Å². The Morgan fingerprint density at radius 3 is 3.00 bits per heavy atom. The van der Waals surface area contributed by atoms with Crippen molar-refractivity contribution in [2.75, 3.05) is 25.1 Å². The van der Waals surface area contributed by atoms with Crippen LogP contribution >= 0.6 is 11.8 Å². The van der Waals surface area contributed by atoms with E-state index >= 15 is 0 Å². The summed E-state index contributed by atoms with van der Waals surface area (Å²) in [5.41, 5.74) is 0. The van der Waals surface area contributed by atoms with E-state index in [2.05, 4.69) is 23.4 Å². The van der Waals surface area contributed by atoms with Crippen LogP contribution in [0.15, 0.2) is 0 Å². The second-order valence-corrected chi connectivity index (χ2v) is 5.78. The van der Waals surface area contributed by atoms with Gasteiger partial charge in [0.15, 0.2) is 0 Å². The fourth-order valence-corrected chi connectivity index (χ4v) is 3.80. The molecule has 3 heteroatoms. The van der Waals surface area contributed by atoms with E-state index in [4.69, 9.17) is 0 Å². The Bertz CT molecular complexity index is 198. The van der Waals surface area contributed by atoms with Gasteiger partial charge in [-0.25, -0.2) is 0 Å². The van der Waals surface area contributed by atoms with Crippen LogP contribution in [0.1, 0.15) is 32.6 Å². The zero-order valence-corrected chi connectivity index (χ0v) is 10.9. The van der Waals surface area contributed by atoms with Gasteiger partial charge in [0.1, 0.15) is 0 Å². The van der Waals surface area contributed by atoms with Crippen LogP contribution in [0.5, 0.6) is 0 Å². The van der Waals surface area contributed by atoms with Crippen molar-refractivity contribution < 1.29 is 0 Å². The standard InChI is InChI=1S/C12H24N2S/c1-3-10(9-15-2)13-11-6-8-14-7-4-5-12(11)14/h10-13H,3-9H2,1-2H3. The van der Waals surface area contributed by atoms with E-state index in [9.17, 15) is 0 Å². The highest BCUT2D eigenvalue weighted by Crippen LogP contribution is 2.28. The third-order valence-corrected chi connectivity index (χ3v) is 4.65. The molecule has 2 heterocycles. The molecule has 1 N–H and O–H groups in total. The average molecular weight is 228 g/mol. The molecule has 0 aromatic carbocycles. The van der Waals surface area contributed by atoms with Crippen molar-refractivity contribution >= 4 is 11.8 Å². The topological polar surface area (TPSA) is 15.3 Å². The van der Waals surface area contributed by atoms with E-state index in [1.54, 1.807) is 0 Å². The molecule has 15 heavy (non-hydrogen) atoms. The van der Waals surface area contributed by atoms with Crippen LogP contribution in [0.3, 0.4) is 0 Å². The van der Waals surface area contributed by atoms with Crippen LogP contribution in [0.25, 0.3) is 0 Å². The molecule has 3 unspecified atom stereocenters. The van der Waals surface area contributed by atoms with Gasteiger partial charge in [-0.05, 0) is 38.5 Å². The van der Waals surface area contributed by atoms with Crippen molar-refractivity contribution in [1.82, 2.24) is 10.2 Å². The van der Waals surface area contributed by atoms with Gasteiger partial charge in [-0.3, -0.25) is 4.90 Å². The van der Waals surface area contributed by atoms with E-state index in [1.807, 2.05) is 11.8 Å². The Balaban J connectivity index is 1.83. The monoisotopic (exact) mass is 228 g/mol. The van der Waals surface area contributed by atoms with Crippen molar-refractivity contribution in [3.63, 3.8) is 0 Å². The van der Waals surface area contributed by atoms with Gasteiger partial charge in [0.05, 0.1) is 0 Å². The quantitative estimate of drug-likeness (QED) is 0.774. The minimum absolute atomic E-state index is 0.727. The Labute approximate surface area is 98.2 Å². The molecule has 0 saturated carbocycles. The number of rotatable bonds is 5. The van der Waals surface area contributed by atoms with Gasteiger partial charge in [0, 0.05) is 30.4 Å². The summed E-state index contributed by atoms with van der Waals surface area (Å²) in [5, 5.41) is 3.88. The Morgan fingerprint density at radius 2 is 2.27 bits per heavy atom. The number of fused-ring (bicyclic) bond motifs is 1. The molecule has 2 aliphatic rings. The maximum atomic E-state index is 3.88. The van der Waals surface area contributed by atoms with E-state index in [1.165, 1.54) is 44.5 Å². The van der Waals surface area contributed by atoms with Gasteiger partial charge in [-0.1, -0.05) is 6.92 Å². The van der Waals surface area contributed by atoms with Crippen LogP contribution in [-0.2, 0) is 0 Å². The molecule has 0 amide bonds. The lowest BCUT2D eigenvalue weighted by molar-refractivity contribution is 0.290. The predicted octanol–water partition coefficient (Wildman–Crippen LogP) is 1.95. The first-order valence-electron chi connectivity index (χ1n) is 6.34. The Kier molecular flexibility index (Phi) is 4.35. The molecule has 0 aromatic rings. The number of nitrogens with one attached hydrogen (secondary N) is 1. The summed E-state index contributed by atoms with van der Waals surface area (Å²) in [6.45, 7) is 4.98. The van der Waals surface area contributed by atoms with Crippen LogP contribution in [0.4, 0.5) is 0 Å². The molecule has 88 valence electrons. The second kappa shape index (κ2) is 5.55. The van der Waals surface area contributed by atoms with Crippen LogP contribution in [-0.4, -0.2) is 48.1 Å². The minimum Gasteiger partial charge on any atom is -0.309 e. The van der Waals surface area contributed by atoms with Gasteiger partial charge >= 0.3 is 0 Å². The van der Waals surface area contributed by atoms with Crippen LogP contribution in [0.2, 0.25) is 0 Å². The number of hydrogen-bond donors (Lipinski definition) is 1. The van der Waals surface area contributed by atoms with Gasteiger partial charge in [0.2, 0.25) is 0 Å². The molecule has 0 aliphatic carbocycles. The summed E-state index contributed by atoms with van der Waals surface area (Å²) in [4.78, 5) is 2.68. The summed E-state index contributed by atoms with van der Waals surface area (Å²) in [6, 6.07) is 2.37. The molecule has 3 atom stereocenters. The highest BCUT2D eigenvalue weighted by atomic mass is 32.2. The summed E-state index contributed by atoms with van der Waals surface area (Å²) >= 11 is 1.97. The average Bonchev–Trinajstić information content (AvgIpc) is 2.81. The summed E-state index contributed by atoms with van der Waals surface area (Å²) in [5.74, 6) is 1.26. The minimum atomic E-state index is 0.727. The zero-order valence-electron chi connectivity index (χ0n) is 10.0. The van der Waals surface area contributed by atoms with E-state index < -0.39 is 0 Å². The lowest BCUT2D eigenvalue weighted by Crippen LogP contribution is -2.45. The third kappa shape index (κ3) is 2.69. The molecule has 2 aliphatic heterocycles. The fraction of sp³-hybridized carbons (Fsp3) is 1.00. The van der Waals surface area contributed by atoms with E-state index in [0.29, 0.717) is 0 Å². The first-order chi connectivity index (χ1) is 7.35. The fourth-order valence-electron chi connectivity index (χ4n) is 3.06. The van der Waals surface area contributed by atoms with E-state index in [-0.39, 0.29) is 0 Å². The Hall–Kier alpha value is 0.270. The molecule has 2 nitrogen and oxygen atoms in total. The molecule has 0 aromatic heterocycles. The first-order valence-corrected chi connectivity index (χ1v) is 7.73. The van der Waals surface area contributed by atoms with E-state index in [0.717, 1.165) is 18.1 Å². The maximum absolute atomic E-state index is 3.88. The van der Waals surface area contributed by atoms with Crippen LogP contribution < -0.4 is 5.32 Å². The predicted molar refractivity (Wildman–Crippen MR) is 68.6 cm³/mol. The molecule has 2 rings (SSSR count). The number of thioether (sulfide) groups is 1. The second-order valence-electron chi connectivity index (χ2n) is 4.87. The van der Waals surface area contributed by atoms with Gasteiger partial charge in [-0.15, -0.1) is 0 Å². The summed E-state index contributed by atoms with van der Waals surface area (Å²) in [6.07, 6.45) is 7.69. The number of hydrogen-bond acceptors (Lipinski definition) is 3. The van der Waals surface area contributed by atoms with Gasteiger partial charge < -0.3 is 5.32 Å².